The third kappa shape index (κ3) is 3.21. The number of aryl methyl sites for hydroxylation is 1. The maximum Gasteiger partial charge on any atom is 0.238 e. The molecule has 5 nitrogen and oxygen atoms in total. The summed E-state index contributed by atoms with van der Waals surface area (Å²) >= 11 is 1.78. The van der Waals surface area contributed by atoms with E-state index in [-0.39, 0.29) is 5.91 Å². The predicted octanol–water partition coefficient (Wildman–Crippen LogP) is 1.67. The Hall–Kier alpha value is -0.920. The summed E-state index contributed by atoms with van der Waals surface area (Å²) in [4.78, 5) is 13.8. The highest BCUT2D eigenvalue weighted by Crippen LogP contribution is 2.30. The zero-order valence-electron chi connectivity index (χ0n) is 12.8. The summed E-state index contributed by atoms with van der Waals surface area (Å²) in [6, 6.07) is -0.538. The third-order valence-corrected chi connectivity index (χ3v) is 6.96. The van der Waals surface area contributed by atoms with E-state index >= 15 is 0 Å². The minimum Gasteiger partial charge on any atom is -0.351 e. The van der Waals surface area contributed by atoms with Crippen molar-refractivity contribution in [3.8, 4) is 0 Å². The van der Waals surface area contributed by atoms with Crippen molar-refractivity contribution in [1.29, 1.82) is 0 Å². The van der Waals surface area contributed by atoms with Crippen molar-refractivity contribution in [2.75, 3.05) is 12.8 Å². The van der Waals surface area contributed by atoms with Gasteiger partial charge in [0, 0.05) is 18.0 Å². The monoisotopic (exact) mass is 342 g/mol. The van der Waals surface area contributed by atoms with Crippen LogP contribution < -0.4 is 5.32 Å². The molecule has 2 heterocycles. The first-order valence-corrected chi connectivity index (χ1v) is 10.5. The quantitative estimate of drug-likeness (QED) is 0.905. The van der Waals surface area contributed by atoms with Crippen molar-refractivity contribution >= 4 is 27.3 Å². The third-order valence-electron chi connectivity index (χ3n) is 4.53. The van der Waals surface area contributed by atoms with Gasteiger partial charge in [-0.3, -0.25) is 4.79 Å². The maximum absolute atomic E-state index is 12.4. The van der Waals surface area contributed by atoms with E-state index in [0.29, 0.717) is 19.5 Å². The van der Waals surface area contributed by atoms with Crippen LogP contribution >= 0.6 is 11.3 Å². The molecule has 1 aliphatic carbocycles. The molecule has 0 saturated carbocycles. The standard InChI is InChI=1S/C15H22N2O3S2/c1-22(19,20)17-8-4-6-13(17)15(18)16-9-11-10-21-14-7-3-2-5-12(11)14/h10,13H,2-9H2,1H3,(H,16,18)/t13-/m0/s1. The van der Waals surface area contributed by atoms with E-state index in [1.54, 1.807) is 11.3 Å². The zero-order valence-corrected chi connectivity index (χ0v) is 14.4. The van der Waals surface area contributed by atoms with Gasteiger partial charge in [-0.25, -0.2) is 8.42 Å². The van der Waals surface area contributed by atoms with Gasteiger partial charge in [0.15, 0.2) is 0 Å². The van der Waals surface area contributed by atoms with Crippen molar-refractivity contribution in [1.82, 2.24) is 9.62 Å². The lowest BCUT2D eigenvalue weighted by Crippen LogP contribution is -2.45. The Morgan fingerprint density at radius 2 is 2.14 bits per heavy atom. The van der Waals surface area contributed by atoms with Crippen molar-refractivity contribution in [3.63, 3.8) is 0 Å². The summed E-state index contributed by atoms with van der Waals surface area (Å²) in [5.74, 6) is -0.168. The first-order valence-electron chi connectivity index (χ1n) is 7.79. The van der Waals surface area contributed by atoms with Gasteiger partial charge in [-0.15, -0.1) is 11.3 Å². The number of carbonyl (C=O) groups excluding carboxylic acids is 1. The molecule has 22 heavy (non-hydrogen) atoms. The molecule has 1 aromatic heterocycles. The van der Waals surface area contributed by atoms with Crippen LogP contribution in [-0.2, 0) is 34.2 Å². The molecule has 1 saturated heterocycles. The van der Waals surface area contributed by atoms with E-state index < -0.39 is 16.1 Å². The number of hydrogen-bond acceptors (Lipinski definition) is 4. The molecule has 2 aliphatic rings. The summed E-state index contributed by atoms with van der Waals surface area (Å²) in [5, 5.41) is 5.08. The highest BCUT2D eigenvalue weighted by Gasteiger charge is 2.36. The van der Waals surface area contributed by atoms with Crippen molar-refractivity contribution < 1.29 is 13.2 Å². The molecule has 1 N–H and O–H groups in total. The lowest BCUT2D eigenvalue weighted by Gasteiger charge is -2.21. The lowest BCUT2D eigenvalue weighted by molar-refractivity contribution is -0.124. The van der Waals surface area contributed by atoms with Gasteiger partial charge in [-0.2, -0.15) is 4.31 Å². The summed E-state index contributed by atoms with van der Waals surface area (Å²) in [6.07, 6.45) is 7.26. The summed E-state index contributed by atoms with van der Waals surface area (Å²) in [5.41, 5.74) is 2.61. The zero-order chi connectivity index (χ0) is 15.7. The van der Waals surface area contributed by atoms with Crippen LogP contribution in [0.2, 0.25) is 0 Å². The number of fused-ring (bicyclic) bond motifs is 1. The highest BCUT2D eigenvalue weighted by molar-refractivity contribution is 7.88. The average Bonchev–Trinajstić information content (AvgIpc) is 3.11. The molecule has 1 fully saturated rings. The Kier molecular flexibility index (Phi) is 4.56. The fourth-order valence-electron chi connectivity index (χ4n) is 3.41. The number of rotatable bonds is 4. The normalized spacial score (nSPS) is 22.5. The number of nitrogens with zero attached hydrogens (tertiary/aromatic N) is 1. The number of amides is 1. The second kappa shape index (κ2) is 6.29. The van der Waals surface area contributed by atoms with E-state index in [2.05, 4.69) is 10.7 Å². The van der Waals surface area contributed by atoms with Crippen LogP contribution in [0.1, 0.15) is 41.7 Å². The molecule has 0 aromatic carbocycles. The number of sulfonamides is 1. The molecule has 0 bridgehead atoms. The minimum absolute atomic E-state index is 0.168. The predicted molar refractivity (Wildman–Crippen MR) is 87.4 cm³/mol. The molecule has 1 aromatic rings. The molecule has 1 atom stereocenters. The van der Waals surface area contributed by atoms with Gasteiger partial charge in [0.2, 0.25) is 15.9 Å². The van der Waals surface area contributed by atoms with E-state index in [1.807, 2.05) is 0 Å². The topological polar surface area (TPSA) is 66.5 Å². The van der Waals surface area contributed by atoms with Crippen LogP contribution in [0.3, 0.4) is 0 Å². The van der Waals surface area contributed by atoms with Gasteiger partial charge in [0.1, 0.15) is 6.04 Å². The molecule has 0 unspecified atom stereocenters. The average molecular weight is 342 g/mol. The Morgan fingerprint density at radius 3 is 2.91 bits per heavy atom. The van der Waals surface area contributed by atoms with Crippen LogP contribution in [0, 0.1) is 0 Å². The SMILES string of the molecule is CS(=O)(=O)N1CCC[C@H]1C(=O)NCc1csc2c1CCCC2. The molecule has 7 heteroatoms. The van der Waals surface area contributed by atoms with Gasteiger partial charge in [-0.05, 0) is 55.0 Å². The molecule has 1 amide bonds. The summed E-state index contributed by atoms with van der Waals surface area (Å²) < 4.78 is 24.8. The number of carbonyl (C=O) groups is 1. The largest absolute Gasteiger partial charge is 0.351 e. The Labute approximate surface area is 135 Å². The Bertz CT molecular complexity index is 666. The summed E-state index contributed by atoms with van der Waals surface area (Å²) in [7, 11) is -3.31. The van der Waals surface area contributed by atoms with Crippen molar-refractivity contribution in [2.45, 2.75) is 51.1 Å². The molecule has 1 aliphatic heterocycles. The lowest BCUT2D eigenvalue weighted by atomic mass is 9.96. The van der Waals surface area contributed by atoms with Crippen molar-refractivity contribution in [2.24, 2.45) is 0 Å². The molecular formula is C15H22N2O3S2. The number of nitrogens with one attached hydrogen (secondary N) is 1. The minimum atomic E-state index is -3.31. The Morgan fingerprint density at radius 1 is 1.36 bits per heavy atom. The molecular weight excluding hydrogens is 320 g/mol. The van der Waals surface area contributed by atoms with Gasteiger partial charge in [-0.1, -0.05) is 0 Å². The Balaban J connectivity index is 1.64. The van der Waals surface area contributed by atoms with Gasteiger partial charge >= 0.3 is 0 Å². The highest BCUT2D eigenvalue weighted by atomic mass is 32.2. The van der Waals surface area contributed by atoms with Crippen molar-refractivity contribution in [3.05, 3.63) is 21.4 Å². The van der Waals surface area contributed by atoms with Crippen LogP contribution in [0.5, 0.6) is 0 Å². The summed E-state index contributed by atoms with van der Waals surface area (Å²) in [6.45, 7) is 0.962. The van der Waals surface area contributed by atoms with Crippen LogP contribution in [0.4, 0.5) is 0 Å². The van der Waals surface area contributed by atoms with Crippen LogP contribution in [-0.4, -0.2) is 37.5 Å². The fourth-order valence-corrected chi connectivity index (χ4v) is 5.68. The fraction of sp³-hybridized carbons (Fsp3) is 0.667. The first-order chi connectivity index (χ1) is 10.5. The second-order valence-electron chi connectivity index (χ2n) is 6.12. The molecule has 0 spiro atoms. The number of thiophene rings is 1. The maximum atomic E-state index is 12.4. The van der Waals surface area contributed by atoms with Gasteiger partial charge in [0.05, 0.1) is 6.26 Å². The number of hydrogen-bond donors (Lipinski definition) is 1. The molecule has 122 valence electrons. The second-order valence-corrected chi connectivity index (χ2v) is 9.02. The van der Waals surface area contributed by atoms with E-state index in [0.717, 1.165) is 19.3 Å². The van der Waals surface area contributed by atoms with E-state index in [4.69, 9.17) is 0 Å². The molecule has 3 rings (SSSR count). The van der Waals surface area contributed by atoms with Gasteiger partial charge < -0.3 is 5.32 Å². The van der Waals surface area contributed by atoms with Gasteiger partial charge in [0.25, 0.3) is 0 Å². The molecule has 0 radical (unpaired) electrons. The van der Waals surface area contributed by atoms with Crippen LogP contribution in [0.25, 0.3) is 0 Å². The van der Waals surface area contributed by atoms with E-state index in [9.17, 15) is 13.2 Å². The first kappa shape index (κ1) is 16.0. The van der Waals surface area contributed by atoms with E-state index in [1.165, 1.54) is 39.4 Å². The smallest absolute Gasteiger partial charge is 0.238 e. The van der Waals surface area contributed by atoms with Crippen LogP contribution in [0.15, 0.2) is 5.38 Å².